The van der Waals surface area contributed by atoms with Crippen LogP contribution in [0.3, 0.4) is 0 Å². The minimum Gasteiger partial charge on any atom is -0.496 e. The second-order valence-corrected chi connectivity index (χ2v) is 9.77. The van der Waals surface area contributed by atoms with Crippen molar-refractivity contribution in [2.45, 2.75) is 50.4 Å². The lowest BCUT2D eigenvalue weighted by Crippen LogP contribution is -2.48. The maximum Gasteiger partial charge on any atom is 0.238 e. The standard InChI is InChI=1S/C25H31N5O4/c1-34-22-4-2-3-19-18(22)11-20(29-19)25(33)30-13-16(14-5-6-14)10-21(30)24(32)28-17(12-26)9-15-7-8-27-23(15)31/h2-4,11,14-17,21,25,29,33H,5-10,13H2,1H3,(H,27,31)(H,28,32). The number of hydrogen-bond acceptors (Lipinski definition) is 6. The second-order valence-electron chi connectivity index (χ2n) is 9.77. The first-order chi connectivity index (χ1) is 16.5. The van der Waals surface area contributed by atoms with Gasteiger partial charge in [0.25, 0.3) is 0 Å². The number of aliphatic hydroxyl groups excluding tert-OH is 1. The molecule has 5 atom stereocenters. The van der Waals surface area contributed by atoms with E-state index in [0.29, 0.717) is 55.6 Å². The number of methoxy groups -OCH3 is 1. The van der Waals surface area contributed by atoms with Gasteiger partial charge in [0.1, 0.15) is 18.0 Å². The summed E-state index contributed by atoms with van der Waals surface area (Å²) >= 11 is 0. The molecule has 0 bridgehead atoms. The fraction of sp³-hybridized carbons (Fsp3) is 0.560. The summed E-state index contributed by atoms with van der Waals surface area (Å²) in [6, 6.07) is 8.41. The predicted octanol–water partition coefficient (Wildman–Crippen LogP) is 1.80. The molecular formula is C25H31N5O4. The number of H-pyrrole nitrogens is 1. The van der Waals surface area contributed by atoms with Crippen LogP contribution in [0.5, 0.6) is 5.75 Å². The number of aromatic nitrogens is 1. The van der Waals surface area contributed by atoms with E-state index in [4.69, 9.17) is 4.74 Å². The molecule has 1 aliphatic carbocycles. The molecule has 2 aromatic rings. The summed E-state index contributed by atoms with van der Waals surface area (Å²) in [7, 11) is 1.61. The highest BCUT2D eigenvalue weighted by molar-refractivity contribution is 5.87. The minimum atomic E-state index is -0.988. The Bertz CT molecular complexity index is 1120. The van der Waals surface area contributed by atoms with Crippen LogP contribution in [-0.4, -0.2) is 59.1 Å². The molecule has 2 aliphatic heterocycles. The van der Waals surface area contributed by atoms with Gasteiger partial charge in [-0.15, -0.1) is 0 Å². The van der Waals surface area contributed by atoms with E-state index in [1.54, 1.807) is 7.11 Å². The van der Waals surface area contributed by atoms with Crippen molar-refractivity contribution in [2.75, 3.05) is 20.2 Å². The maximum absolute atomic E-state index is 13.3. The zero-order valence-electron chi connectivity index (χ0n) is 19.3. The van der Waals surface area contributed by atoms with Crippen molar-refractivity contribution in [1.82, 2.24) is 20.5 Å². The van der Waals surface area contributed by atoms with Crippen LogP contribution in [-0.2, 0) is 9.59 Å². The van der Waals surface area contributed by atoms with Gasteiger partial charge in [-0.2, -0.15) is 5.26 Å². The molecule has 1 saturated carbocycles. The van der Waals surface area contributed by atoms with E-state index < -0.39 is 18.3 Å². The summed E-state index contributed by atoms with van der Waals surface area (Å²) in [4.78, 5) is 30.4. The van der Waals surface area contributed by atoms with Gasteiger partial charge in [-0.25, -0.2) is 0 Å². The van der Waals surface area contributed by atoms with Gasteiger partial charge in [0.2, 0.25) is 11.8 Å². The fourth-order valence-corrected chi connectivity index (χ4v) is 5.54. The quantitative estimate of drug-likeness (QED) is 0.470. The number of aromatic amines is 1. The van der Waals surface area contributed by atoms with Crippen LogP contribution in [0.15, 0.2) is 24.3 Å². The van der Waals surface area contributed by atoms with Crippen molar-refractivity contribution < 1.29 is 19.4 Å². The predicted molar refractivity (Wildman–Crippen MR) is 124 cm³/mol. The largest absolute Gasteiger partial charge is 0.496 e. The molecule has 2 amide bonds. The molecule has 5 rings (SSSR count). The number of likely N-dealkylation sites (tertiary alicyclic amines) is 1. The number of aliphatic hydroxyl groups is 1. The van der Waals surface area contributed by atoms with Crippen molar-refractivity contribution in [2.24, 2.45) is 17.8 Å². The highest BCUT2D eigenvalue weighted by Gasteiger charge is 2.46. The molecule has 0 radical (unpaired) electrons. The van der Waals surface area contributed by atoms with Crippen LogP contribution in [0.4, 0.5) is 0 Å². The van der Waals surface area contributed by atoms with Crippen LogP contribution >= 0.6 is 0 Å². The summed E-state index contributed by atoms with van der Waals surface area (Å²) in [5, 5.41) is 27.5. The zero-order chi connectivity index (χ0) is 23.8. The van der Waals surface area contributed by atoms with Gasteiger partial charge in [-0.1, -0.05) is 6.07 Å². The molecule has 4 N–H and O–H groups in total. The number of fused-ring (bicyclic) bond motifs is 1. The first-order valence-corrected chi connectivity index (χ1v) is 12.1. The van der Waals surface area contributed by atoms with Crippen LogP contribution in [0.1, 0.15) is 44.0 Å². The van der Waals surface area contributed by atoms with E-state index in [9.17, 15) is 20.0 Å². The summed E-state index contributed by atoms with van der Waals surface area (Å²) < 4.78 is 5.44. The zero-order valence-corrected chi connectivity index (χ0v) is 19.3. The van der Waals surface area contributed by atoms with Crippen molar-refractivity contribution in [3.63, 3.8) is 0 Å². The highest BCUT2D eigenvalue weighted by Crippen LogP contribution is 2.45. The molecule has 2 saturated heterocycles. The van der Waals surface area contributed by atoms with Crippen LogP contribution < -0.4 is 15.4 Å². The van der Waals surface area contributed by atoms with Crippen molar-refractivity contribution in [1.29, 1.82) is 5.26 Å². The normalized spacial score (nSPS) is 26.7. The first-order valence-electron chi connectivity index (χ1n) is 12.1. The third kappa shape index (κ3) is 4.36. The molecule has 9 heteroatoms. The Balaban J connectivity index is 1.34. The number of ether oxygens (including phenoxy) is 1. The summed E-state index contributed by atoms with van der Waals surface area (Å²) in [6.45, 7) is 1.23. The van der Waals surface area contributed by atoms with Gasteiger partial charge in [0.15, 0.2) is 0 Å². The molecule has 3 aliphatic rings. The third-order valence-corrected chi connectivity index (χ3v) is 7.58. The van der Waals surface area contributed by atoms with Crippen LogP contribution in [0, 0.1) is 29.1 Å². The second kappa shape index (κ2) is 9.28. The van der Waals surface area contributed by atoms with Crippen LogP contribution in [0.2, 0.25) is 0 Å². The Labute approximate surface area is 198 Å². The molecule has 3 heterocycles. The Kier molecular flexibility index (Phi) is 6.19. The van der Waals surface area contributed by atoms with Gasteiger partial charge in [-0.05, 0) is 62.1 Å². The molecule has 9 nitrogen and oxygen atoms in total. The van der Waals surface area contributed by atoms with Gasteiger partial charge in [0, 0.05) is 29.9 Å². The van der Waals surface area contributed by atoms with Gasteiger partial charge in [-0.3, -0.25) is 14.5 Å². The smallest absolute Gasteiger partial charge is 0.238 e. The summed E-state index contributed by atoms with van der Waals surface area (Å²) in [6.07, 6.45) is 2.96. The number of nitrogens with one attached hydrogen (secondary N) is 3. The number of carbonyl (C=O) groups excluding carboxylic acids is 2. The average molecular weight is 466 g/mol. The van der Waals surface area contributed by atoms with E-state index in [1.165, 1.54) is 0 Å². The maximum atomic E-state index is 13.3. The number of nitriles is 1. The Morgan fingerprint density at radius 2 is 2.18 bits per heavy atom. The lowest BCUT2D eigenvalue weighted by atomic mass is 9.97. The van der Waals surface area contributed by atoms with E-state index in [-0.39, 0.29) is 17.7 Å². The number of rotatable bonds is 8. The molecule has 3 fully saturated rings. The van der Waals surface area contributed by atoms with E-state index in [2.05, 4.69) is 21.7 Å². The molecule has 180 valence electrons. The number of hydrogen-bond donors (Lipinski definition) is 4. The van der Waals surface area contributed by atoms with Crippen molar-refractivity contribution in [3.8, 4) is 11.8 Å². The van der Waals surface area contributed by atoms with Crippen LogP contribution in [0.25, 0.3) is 10.9 Å². The average Bonchev–Trinajstić information content (AvgIpc) is 3.25. The Hall–Kier alpha value is -3.09. The van der Waals surface area contributed by atoms with Gasteiger partial charge < -0.3 is 25.5 Å². The number of benzene rings is 1. The van der Waals surface area contributed by atoms with E-state index >= 15 is 0 Å². The molecular weight excluding hydrogens is 434 g/mol. The summed E-state index contributed by atoms with van der Waals surface area (Å²) in [5.74, 6) is 1.06. The lowest BCUT2D eigenvalue weighted by Gasteiger charge is -2.29. The SMILES string of the molecule is COc1cccc2[nH]c(C(O)N3CC(C4CC4)CC3C(=O)NC(C#N)CC3CCNC3=O)cc12. The summed E-state index contributed by atoms with van der Waals surface area (Å²) in [5.41, 5.74) is 1.46. The van der Waals surface area contributed by atoms with Gasteiger partial charge in [0.05, 0.1) is 24.9 Å². The van der Waals surface area contributed by atoms with Gasteiger partial charge >= 0.3 is 0 Å². The molecule has 1 aromatic heterocycles. The number of carbonyl (C=O) groups is 2. The Morgan fingerprint density at radius 1 is 1.35 bits per heavy atom. The monoisotopic (exact) mass is 465 g/mol. The Morgan fingerprint density at radius 3 is 2.85 bits per heavy atom. The third-order valence-electron chi connectivity index (χ3n) is 7.58. The highest BCUT2D eigenvalue weighted by atomic mass is 16.5. The molecule has 1 aromatic carbocycles. The minimum absolute atomic E-state index is 0.0598. The van der Waals surface area contributed by atoms with Crippen molar-refractivity contribution in [3.05, 3.63) is 30.0 Å². The number of nitrogens with zero attached hydrogens (tertiary/aromatic N) is 2. The number of amides is 2. The molecule has 5 unspecified atom stereocenters. The molecule has 34 heavy (non-hydrogen) atoms. The van der Waals surface area contributed by atoms with E-state index in [0.717, 1.165) is 23.7 Å². The lowest BCUT2D eigenvalue weighted by molar-refractivity contribution is -0.130. The van der Waals surface area contributed by atoms with Crippen molar-refractivity contribution >= 4 is 22.7 Å². The van der Waals surface area contributed by atoms with E-state index in [1.807, 2.05) is 29.2 Å². The fourth-order valence-electron chi connectivity index (χ4n) is 5.54. The topological polar surface area (TPSA) is 130 Å². The first kappa shape index (κ1) is 22.7. The molecule has 0 spiro atoms.